The zero-order valence-electron chi connectivity index (χ0n) is 13.2. The van der Waals surface area contributed by atoms with Gasteiger partial charge < -0.3 is 5.32 Å². The van der Waals surface area contributed by atoms with Gasteiger partial charge in [0.25, 0.3) is 0 Å². The molecule has 0 amide bonds. The van der Waals surface area contributed by atoms with Gasteiger partial charge >= 0.3 is 5.76 Å². The lowest BCUT2D eigenvalue weighted by molar-refractivity contribution is 0.235. The van der Waals surface area contributed by atoms with Crippen LogP contribution in [0, 0.1) is 5.92 Å². The van der Waals surface area contributed by atoms with Crippen LogP contribution >= 0.6 is 0 Å². The monoisotopic (exact) mass is 382 g/mol. The number of rotatable bonds is 6. The Balaban J connectivity index is 2.02. The lowest BCUT2D eigenvalue weighted by Gasteiger charge is -2.30. The molecular weight excluding hydrogens is 362 g/mol. The van der Waals surface area contributed by atoms with Crippen molar-refractivity contribution >= 4 is 25.5 Å². The fourth-order valence-corrected chi connectivity index (χ4v) is 4.44. The molecule has 1 saturated heterocycles. The Morgan fingerprint density at radius 2 is 1.75 bits per heavy atom. The standard InChI is InChI=1S/C14H20F2N2O4S2/c1-23(19,20)18-8-6-11(7-9-18)10-17-12-4-2-3-5-13(12)24(21,22)14(15)16/h2-5,11,14,17H,6-10H2,1H3. The molecule has 1 N–H and O–H groups in total. The highest BCUT2D eigenvalue weighted by atomic mass is 32.2. The average Bonchev–Trinajstić information content (AvgIpc) is 2.52. The van der Waals surface area contributed by atoms with Crippen molar-refractivity contribution in [3.8, 4) is 0 Å². The first-order chi connectivity index (χ1) is 11.1. The maximum Gasteiger partial charge on any atom is 0.341 e. The van der Waals surface area contributed by atoms with Gasteiger partial charge in [-0.15, -0.1) is 0 Å². The Morgan fingerprint density at radius 3 is 2.29 bits per heavy atom. The summed E-state index contributed by atoms with van der Waals surface area (Å²) in [6, 6.07) is 5.56. The summed E-state index contributed by atoms with van der Waals surface area (Å²) >= 11 is 0. The highest BCUT2D eigenvalue weighted by molar-refractivity contribution is 7.91. The number of sulfonamides is 1. The van der Waals surface area contributed by atoms with Crippen LogP contribution < -0.4 is 5.32 Å². The minimum atomic E-state index is -4.67. The van der Waals surface area contributed by atoms with Crippen molar-refractivity contribution in [3.63, 3.8) is 0 Å². The molecule has 1 aromatic carbocycles. The molecule has 1 heterocycles. The lowest BCUT2D eigenvalue weighted by atomic mass is 9.98. The van der Waals surface area contributed by atoms with E-state index in [4.69, 9.17) is 0 Å². The van der Waals surface area contributed by atoms with Gasteiger partial charge in [0.05, 0.1) is 16.8 Å². The molecule has 1 aliphatic heterocycles. The van der Waals surface area contributed by atoms with E-state index in [1.54, 1.807) is 6.07 Å². The fraction of sp³-hybridized carbons (Fsp3) is 0.571. The summed E-state index contributed by atoms with van der Waals surface area (Å²) in [5.41, 5.74) is 0.142. The molecule has 0 unspecified atom stereocenters. The Kier molecular flexibility index (Phi) is 5.82. The van der Waals surface area contributed by atoms with Crippen molar-refractivity contribution in [2.45, 2.75) is 23.5 Å². The molecule has 0 atom stereocenters. The van der Waals surface area contributed by atoms with Gasteiger partial charge in [0.2, 0.25) is 19.9 Å². The van der Waals surface area contributed by atoms with Crippen LogP contribution in [0.3, 0.4) is 0 Å². The van der Waals surface area contributed by atoms with Gasteiger partial charge in [-0.1, -0.05) is 12.1 Å². The van der Waals surface area contributed by atoms with E-state index in [1.165, 1.54) is 16.4 Å². The van der Waals surface area contributed by atoms with Gasteiger partial charge in [-0.3, -0.25) is 0 Å². The van der Waals surface area contributed by atoms with Crippen molar-refractivity contribution < 1.29 is 25.6 Å². The van der Waals surface area contributed by atoms with E-state index in [0.29, 0.717) is 32.5 Å². The molecule has 1 fully saturated rings. The normalized spacial score (nSPS) is 18.0. The molecule has 0 aliphatic carbocycles. The molecule has 1 aromatic rings. The topological polar surface area (TPSA) is 83.6 Å². The highest BCUT2D eigenvalue weighted by Gasteiger charge is 2.29. The molecule has 0 saturated carbocycles. The predicted molar refractivity (Wildman–Crippen MR) is 87.3 cm³/mol. The molecule has 10 heteroatoms. The Morgan fingerprint density at radius 1 is 1.17 bits per heavy atom. The minimum Gasteiger partial charge on any atom is -0.384 e. The molecule has 6 nitrogen and oxygen atoms in total. The smallest absolute Gasteiger partial charge is 0.341 e. The molecule has 0 radical (unpaired) electrons. The van der Waals surface area contributed by atoms with Crippen molar-refractivity contribution in [3.05, 3.63) is 24.3 Å². The second-order valence-corrected chi connectivity index (χ2v) is 9.66. The minimum absolute atomic E-state index is 0.142. The van der Waals surface area contributed by atoms with Gasteiger partial charge in [-0.2, -0.15) is 8.78 Å². The van der Waals surface area contributed by atoms with Gasteiger partial charge in [-0.05, 0) is 30.9 Å². The molecule has 136 valence electrons. The van der Waals surface area contributed by atoms with Crippen LogP contribution in [0.4, 0.5) is 14.5 Å². The number of nitrogens with zero attached hydrogens (tertiary/aromatic N) is 1. The first-order valence-electron chi connectivity index (χ1n) is 7.42. The summed E-state index contributed by atoms with van der Waals surface area (Å²) < 4.78 is 73.2. The number of halogens is 2. The van der Waals surface area contributed by atoms with E-state index in [9.17, 15) is 25.6 Å². The number of benzene rings is 1. The Labute approximate surface area is 140 Å². The summed E-state index contributed by atoms with van der Waals surface area (Å²) in [5, 5.41) is 2.92. The summed E-state index contributed by atoms with van der Waals surface area (Å²) in [4.78, 5) is -0.423. The maximum atomic E-state index is 12.7. The van der Waals surface area contributed by atoms with E-state index >= 15 is 0 Å². The van der Waals surface area contributed by atoms with E-state index in [2.05, 4.69) is 5.32 Å². The molecule has 0 bridgehead atoms. The molecule has 0 spiro atoms. The van der Waals surface area contributed by atoms with E-state index < -0.39 is 30.5 Å². The van der Waals surface area contributed by atoms with Crippen LogP contribution in [-0.2, 0) is 19.9 Å². The summed E-state index contributed by atoms with van der Waals surface area (Å²) in [7, 11) is -7.87. The van der Waals surface area contributed by atoms with Gasteiger partial charge in [0.15, 0.2) is 0 Å². The fourth-order valence-electron chi connectivity index (χ4n) is 2.66. The largest absolute Gasteiger partial charge is 0.384 e. The third-order valence-electron chi connectivity index (χ3n) is 4.05. The summed E-state index contributed by atoms with van der Waals surface area (Å²) in [6.07, 6.45) is 2.42. The Hall–Kier alpha value is -1.26. The van der Waals surface area contributed by atoms with Crippen LogP contribution in [0.2, 0.25) is 0 Å². The predicted octanol–water partition coefficient (Wildman–Crippen LogP) is 1.77. The first-order valence-corrected chi connectivity index (χ1v) is 10.8. The Bertz CT molecular complexity index is 774. The molecule has 2 rings (SSSR count). The van der Waals surface area contributed by atoms with Crippen molar-refractivity contribution in [1.29, 1.82) is 0 Å². The number of sulfone groups is 1. The molecule has 1 aliphatic rings. The molecular formula is C14H20F2N2O4S2. The first kappa shape index (κ1) is 19.1. The number of hydrogen-bond donors (Lipinski definition) is 1. The summed E-state index contributed by atoms with van der Waals surface area (Å²) in [5.74, 6) is -3.33. The highest BCUT2D eigenvalue weighted by Crippen LogP contribution is 2.27. The van der Waals surface area contributed by atoms with Gasteiger partial charge in [0.1, 0.15) is 0 Å². The van der Waals surface area contributed by atoms with E-state index in [0.717, 1.165) is 12.3 Å². The number of alkyl halides is 2. The number of nitrogens with one attached hydrogen (secondary N) is 1. The second-order valence-electron chi connectivity index (χ2n) is 5.79. The molecule has 0 aromatic heterocycles. The maximum absolute atomic E-state index is 12.7. The third kappa shape index (κ3) is 4.42. The average molecular weight is 382 g/mol. The lowest BCUT2D eigenvalue weighted by Crippen LogP contribution is -2.39. The van der Waals surface area contributed by atoms with Crippen molar-refractivity contribution in [2.75, 3.05) is 31.2 Å². The van der Waals surface area contributed by atoms with Crippen molar-refractivity contribution in [2.24, 2.45) is 5.92 Å². The van der Waals surface area contributed by atoms with Crippen LogP contribution in [0.25, 0.3) is 0 Å². The van der Waals surface area contributed by atoms with Crippen LogP contribution in [-0.4, -0.2) is 52.8 Å². The summed E-state index contributed by atoms with van der Waals surface area (Å²) in [6.45, 7) is 1.21. The second kappa shape index (κ2) is 7.32. The van der Waals surface area contributed by atoms with Gasteiger partial charge in [0, 0.05) is 19.6 Å². The van der Waals surface area contributed by atoms with Crippen LogP contribution in [0.5, 0.6) is 0 Å². The number of piperidine rings is 1. The van der Waals surface area contributed by atoms with E-state index in [-0.39, 0.29) is 11.6 Å². The van der Waals surface area contributed by atoms with Crippen molar-refractivity contribution in [1.82, 2.24) is 4.31 Å². The zero-order valence-corrected chi connectivity index (χ0v) is 14.8. The van der Waals surface area contributed by atoms with Gasteiger partial charge in [-0.25, -0.2) is 21.1 Å². The molecule has 24 heavy (non-hydrogen) atoms. The zero-order chi connectivity index (χ0) is 18.0. The van der Waals surface area contributed by atoms with E-state index in [1.807, 2.05) is 0 Å². The number of anilines is 1. The number of para-hydroxylation sites is 1. The number of hydrogen-bond acceptors (Lipinski definition) is 5. The van der Waals surface area contributed by atoms with Crippen LogP contribution in [0.15, 0.2) is 29.2 Å². The SMILES string of the molecule is CS(=O)(=O)N1CCC(CNc2ccccc2S(=O)(=O)C(F)F)CC1. The third-order valence-corrected chi connectivity index (χ3v) is 6.79. The quantitative estimate of drug-likeness (QED) is 0.811. The van der Waals surface area contributed by atoms with Crippen LogP contribution in [0.1, 0.15) is 12.8 Å².